The average molecular weight is 273 g/mol. The fraction of sp³-hybridized carbons (Fsp3) is 0.412. The molecule has 1 aromatic heterocycles. The first kappa shape index (κ1) is 14.3. The molecule has 1 atom stereocenters. The van der Waals surface area contributed by atoms with Crippen LogP contribution in [-0.4, -0.2) is 6.54 Å². The Labute approximate surface area is 120 Å². The van der Waals surface area contributed by atoms with E-state index >= 15 is 0 Å². The van der Waals surface area contributed by atoms with Crippen LogP contribution in [0.3, 0.4) is 0 Å². The van der Waals surface area contributed by atoms with Crippen molar-refractivity contribution < 1.29 is 0 Å². The molecule has 2 heteroatoms. The molecule has 0 bridgehead atoms. The van der Waals surface area contributed by atoms with Crippen LogP contribution >= 0.6 is 11.3 Å². The fourth-order valence-electron chi connectivity index (χ4n) is 2.34. The Morgan fingerprint density at radius 3 is 2.74 bits per heavy atom. The number of nitrogens with one attached hydrogen (secondary N) is 1. The molecule has 19 heavy (non-hydrogen) atoms. The van der Waals surface area contributed by atoms with Crippen molar-refractivity contribution in [3.05, 3.63) is 57.3 Å². The summed E-state index contributed by atoms with van der Waals surface area (Å²) in [4.78, 5) is 0. The normalized spacial score (nSPS) is 12.6. The highest BCUT2D eigenvalue weighted by atomic mass is 32.1. The number of benzene rings is 1. The first-order valence-electron chi connectivity index (χ1n) is 7.02. The van der Waals surface area contributed by atoms with E-state index in [1.165, 1.54) is 28.7 Å². The van der Waals surface area contributed by atoms with Gasteiger partial charge in [-0.2, -0.15) is 11.3 Å². The Hall–Kier alpha value is -1.12. The molecule has 2 rings (SSSR count). The molecule has 0 aliphatic carbocycles. The van der Waals surface area contributed by atoms with E-state index in [1.807, 2.05) is 0 Å². The molecular formula is C17H23NS. The van der Waals surface area contributed by atoms with Gasteiger partial charge in [0.05, 0.1) is 0 Å². The third-order valence-electron chi connectivity index (χ3n) is 3.51. The van der Waals surface area contributed by atoms with Gasteiger partial charge in [-0.15, -0.1) is 0 Å². The van der Waals surface area contributed by atoms with Gasteiger partial charge in [0.2, 0.25) is 0 Å². The first-order chi connectivity index (χ1) is 9.20. The van der Waals surface area contributed by atoms with E-state index in [0.717, 1.165) is 13.0 Å². The lowest BCUT2D eigenvalue weighted by Gasteiger charge is -2.19. The predicted octanol–water partition coefficient (Wildman–Crippen LogP) is 4.65. The molecule has 0 aliphatic heterocycles. The van der Waals surface area contributed by atoms with Crippen LogP contribution in [-0.2, 0) is 6.42 Å². The van der Waals surface area contributed by atoms with Gasteiger partial charge >= 0.3 is 0 Å². The SMILES string of the molecule is CCCNC(Cc1cc(C)ccc1C)c1ccsc1. The van der Waals surface area contributed by atoms with E-state index in [9.17, 15) is 0 Å². The van der Waals surface area contributed by atoms with E-state index in [0.29, 0.717) is 6.04 Å². The lowest BCUT2D eigenvalue weighted by Crippen LogP contribution is -2.24. The van der Waals surface area contributed by atoms with Gasteiger partial charge in [-0.1, -0.05) is 30.7 Å². The summed E-state index contributed by atoms with van der Waals surface area (Å²) in [5.74, 6) is 0. The Morgan fingerprint density at radius 1 is 1.21 bits per heavy atom. The van der Waals surface area contributed by atoms with Crippen molar-refractivity contribution in [2.24, 2.45) is 0 Å². The summed E-state index contributed by atoms with van der Waals surface area (Å²) in [6.07, 6.45) is 2.25. The van der Waals surface area contributed by atoms with E-state index < -0.39 is 0 Å². The Morgan fingerprint density at radius 2 is 2.05 bits per heavy atom. The van der Waals surface area contributed by atoms with Crippen LogP contribution in [0.15, 0.2) is 35.0 Å². The summed E-state index contributed by atoms with van der Waals surface area (Å²) in [6, 6.07) is 9.42. The zero-order valence-corrected chi connectivity index (χ0v) is 12.9. The number of hydrogen-bond acceptors (Lipinski definition) is 2. The quantitative estimate of drug-likeness (QED) is 0.808. The van der Waals surface area contributed by atoms with Gasteiger partial charge in [0.15, 0.2) is 0 Å². The summed E-state index contributed by atoms with van der Waals surface area (Å²) < 4.78 is 0. The minimum Gasteiger partial charge on any atom is -0.310 e. The lowest BCUT2D eigenvalue weighted by molar-refractivity contribution is 0.529. The molecule has 1 heterocycles. The summed E-state index contributed by atoms with van der Waals surface area (Å²) in [5, 5.41) is 8.10. The molecule has 0 fully saturated rings. The van der Waals surface area contributed by atoms with Crippen molar-refractivity contribution in [1.82, 2.24) is 5.32 Å². The molecule has 2 aromatic rings. The predicted molar refractivity (Wildman–Crippen MR) is 85.0 cm³/mol. The molecule has 1 nitrogen and oxygen atoms in total. The van der Waals surface area contributed by atoms with E-state index in [4.69, 9.17) is 0 Å². The van der Waals surface area contributed by atoms with Crippen LogP contribution in [0.25, 0.3) is 0 Å². The van der Waals surface area contributed by atoms with Crippen LogP contribution in [0, 0.1) is 13.8 Å². The topological polar surface area (TPSA) is 12.0 Å². The van der Waals surface area contributed by atoms with Gasteiger partial charge < -0.3 is 5.32 Å². The molecule has 0 saturated carbocycles. The molecule has 0 aliphatic rings. The molecule has 1 aromatic carbocycles. The third kappa shape index (κ3) is 3.92. The molecule has 0 amide bonds. The Balaban J connectivity index is 2.17. The monoisotopic (exact) mass is 273 g/mol. The van der Waals surface area contributed by atoms with E-state index in [2.05, 4.69) is 61.1 Å². The third-order valence-corrected chi connectivity index (χ3v) is 4.22. The number of thiophene rings is 1. The Kier molecular flexibility index (Phi) is 5.17. The van der Waals surface area contributed by atoms with E-state index in [1.54, 1.807) is 11.3 Å². The highest BCUT2D eigenvalue weighted by Crippen LogP contribution is 2.23. The molecule has 102 valence electrons. The van der Waals surface area contributed by atoms with Crippen molar-refractivity contribution in [2.75, 3.05) is 6.54 Å². The minimum absolute atomic E-state index is 0.437. The van der Waals surface area contributed by atoms with Crippen molar-refractivity contribution in [3.63, 3.8) is 0 Å². The van der Waals surface area contributed by atoms with Crippen LogP contribution in [0.2, 0.25) is 0 Å². The van der Waals surface area contributed by atoms with Gasteiger partial charge in [-0.3, -0.25) is 0 Å². The largest absolute Gasteiger partial charge is 0.310 e. The molecule has 0 spiro atoms. The molecule has 1 unspecified atom stereocenters. The zero-order chi connectivity index (χ0) is 13.7. The van der Waals surface area contributed by atoms with Crippen LogP contribution in [0.1, 0.15) is 41.6 Å². The summed E-state index contributed by atoms with van der Waals surface area (Å²) in [5.41, 5.74) is 5.61. The van der Waals surface area contributed by atoms with Crippen LogP contribution in [0.4, 0.5) is 0 Å². The molecule has 0 saturated heterocycles. The molecule has 0 radical (unpaired) electrons. The maximum absolute atomic E-state index is 3.67. The second-order valence-electron chi connectivity index (χ2n) is 5.20. The highest BCUT2D eigenvalue weighted by molar-refractivity contribution is 7.07. The maximum atomic E-state index is 3.67. The van der Waals surface area contributed by atoms with Gasteiger partial charge in [0.1, 0.15) is 0 Å². The fourth-order valence-corrected chi connectivity index (χ4v) is 3.05. The van der Waals surface area contributed by atoms with Crippen LogP contribution in [0.5, 0.6) is 0 Å². The van der Waals surface area contributed by atoms with Crippen molar-refractivity contribution in [3.8, 4) is 0 Å². The van der Waals surface area contributed by atoms with Gasteiger partial charge in [0.25, 0.3) is 0 Å². The molecular weight excluding hydrogens is 250 g/mol. The second-order valence-corrected chi connectivity index (χ2v) is 5.98. The van der Waals surface area contributed by atoms with Crippen LogP contribution < -0.4 is 5.32 Å². The summed E-state index contributed by atoms with van der Waals surface area (Å²) >= 11 is 1.78. The summed E-state index contributed by atoms with van der Waals surface area (Å²) in [7, 11) is 0. The minimum atomic E-state index is 0.437. The smallest absolute Gasteiger partial charge is 0.0369 e. The van der Waals surface area contributed by atoms with E-state index in [-0.39, 0.29) is 0 Å². The number of hydrogen-bond donors (Lipinski definition) is 1. The van der Waals surface area contributed by atoms with Crippen molar-refractivity contribution in [2.45, 2.75) is 39.7 Å². The van der Waals surface area contributed by atoms with Crippen molar-refractivity contribution >= 4 is 11.3 Å². The number of aryl methyl sites for hydroxylation is 2. The Bertz CT molecular complexity index is 502. The maximum Gasteiger partial charge on any atom is 0.0369 e. The standard InChI is InChI=1S/C17H23NS/c1-4-8-18-17(15-7-9-19-12-15)11-16-10-13(2)5-6-14(16)3/h5-7,9-10,12,17-18H,4,8,11H2,1-3H3. The molecule has 1 N–H and O–H groups in total. The zero-order valence-electron chi connectivity index (χ0n) is 12.1. The number of rotatable bonds is 6. The van der Waals surface area contributed by atoms with Gasteiger partial charge in [-0.25, -0.2) is 0 Å². The second kappa shape index (κ2) is 6.88. The van der Waals surface area contributed by atoms with Crippen molar-refractivity contribution in [1.29, 1.82) is 0 Å². The highest BCUT2D eigenvalue weighted by Gasteiger charge is 2.13. The summed E-state index contributed by atoms with van der Waals surface area (Å²) in [6.45, 7) is 7.67. The van der Waals surface area contributed by atoms with Gasteiger partial charge in [-0.05, 0) is 66.8 Å². The first-order valence-corrected chi connectivity index (χ1v) is 7.96. The average Bonchev–Trinajstić information content (AvgIpc) is 2.92. The lowest BCUT2D eigenvalue weighted by atomic mass is 9.96. The van der Waals surface area contributed by atoms with Gasteiger partial charge in [0, 0.05) is 6.04 Å².